The summed E-state index contributed by atoms with van der Waals surface area (Å²) in [6.07, 6.45) is 14.8. The van der Waals surface area contributed by atoms with Gasteiger partial charge in [-0.05, 0) is 25.7 Å². The molecule has 1 amide bonds. The number of rotatable bonds is 31. The molecule has 8 atom stereocenters. The van der Waals surface area contributed by atoms with Crippen LogP contribution in [0.2, 0.25) is 0 Å². The van der Waals surface area contributed by atoms with Crippen molar-refractivity contribution in [3.05, 3.63) is 24.3 Å². The van der Waals surface area contributed by atoms with E-state index in [1.54, 1.807) is 6.08 Å². The number of hydrogen-bond acceptors (Lipinski definition) is 11. The second-order valence-electron chi connectivity index (χ2n) is 14.3. The van der Waals surface area contributed by atoms with Crippen molar-refractivity contribution in [2.45, 2.75) is 204 Å². The van der Waals surface area contributed by atoms with E-state index in [0.29, 0.717) is 12.8 Å². The van der Waals surface area contributed by atoms with E-state index in [9.17, 15) is 50.0 Å². The number of unbranched alkanes of at least 4 members (excludes halogenated alkanes) is 16. The minimum absolute atomic E-state index is 0.250. The molecule has 0 aliphatic heterocycles. The molecule has 0 heterocycles. The summed E-state index contributed by atoms with van der Waals surface area (Å²) in [5, 5.41) is 73.8. The third-order valence-corrected chi connectivity index (χ3v) is 10.5. The average Bonchev–Trinajstić information content (AvgIpc) is 3.11. The van der Waals surface area contributed by atoms with E-state index in [1.165, 1.54) is 76.7 Å². The zero-order valence-corrected chi connectivity index (χ0v) is 32.6. The van der Waals surface area contributed by atoms with Gasteiger partial charge >= 0.3 is 7.82 Å². The zero-order valence-electron chi connectivity index (χ0n) is 31.7. The molecule has 9 N–H and O–H groups in total. The standard InChI is InChI=1S/C38H72NO12P/c1-3-5-7-9-11-12-13-14-15-16-17-18-20-21-23-25-29(40)27-32(42)39-30(31(41)26-24-22-19-10-8-6-4-2)28-50-52(48,49)51-38-36(46)34(44)33(43)35(45)37(38)47/h8,10,24,26,29-31,33-38,40-41,43-47H,3-7,9,11-23,25,27-28H2,1-2H3,(H,39,42)(H,48,49)/b10-8+,26-24+. The number of allylic oxidation sites excluding steroid dienone is 3. The first-order valence-corrected chi connectivity index (χ1v) is 21.4. The molecule has 1 aliphatic carbocycles. The second-order valence-corrected chi connectivity index (χ2v) is 15.7. The van der Waals surface area contributed by atoms with Gasteiger partial charge in [-0.1, -0.05) is 141 Å². The van der Waals surface area contributed by atoms with E-state index in [2.05, 4.69) is 25.2 Å². The van der Waals surface area contributed by atoms with Crippen molar-refractivity contribution >= 4 is 13.7 Å². The fourth-order valence-corrected chi connectivity index (χ4v) is 7.17. The lowest BCUT2D eigenvalue weighted by atomic mass is 9.85. The molecule has 14 heteroatoms. The lowest BCUT2D eigenvalue weighted by Gasteiger charge is -2.41. The van der Waals surface area contributed by atoms with Crippen LogP contribution in [0.3, 0.4) is 0 Å². The molecule has 1 aliphatic rings. The van der Waals surface area contributed by atoms with Gasteiger partial charge in [0.15, 0.2) is 0 Å². The maximum absolute atomic E-state index is 12.9. The Bertz CT molecular complexity index is 1000. The minimum atomic E-state index is -5.13. The van der Waals surface area contributed by atoms with Crippen LogP contribution in [0.4, 0.5) is 0 Å². The van der Waals surface area contributed by atoms with E-state index in [-0.39, 0.29) is 6.42 Å². The Morgan fingerprint density at radius 3 is 1.65 bits per heavy atom. The molecule has 0 aromatic carbocycles. The third-order valence-electron chi connectivity index (χ3n) is 9.52. The zero-order chi connectivity index (χ0) is 38.8. The van der Waals surface area contributed by atoms with Crippen LogP contribution in [0.1, 0.15) is 149 Å². The van der Waals surface area contributed by atoms with Gasteiger partial charge in [0.05, 0.1) is 31.3 Å². The third kappa shape index (κ3) is 21.6. The largest absolute Gasteiger partial charge is 0.472 e. The molecule has 8 unspecified atom stereocenters. The van der Waals surface area contributed by atoms with E-state index in [1.807, 2.05) is 6.08 Å². The van der Waals surface area contributed by atoms with E-state index >= 15 is 0 Å². The maximum atomic E-state index is 12.9. The number of phosphoric ester groups is 1. The second kappa shape index (κ2) is 29.1. The summed E-state index contributed by atoms with van der Waals surface area (Å²) >= 11 is 0. The summed E-state index contributed by atoms with van der Waals surface area (Å²) in [5.41, 5.74) is 0. The molecule has 0 radical (unpaired) electrons. The van der Waals surface area contributed by atoms with Gasteiger partial charge in [0.2, 0.25) is 5.91 Å². The topological polar surface area (TPSA) is 226 Å². The van der Waals surface area contributed by atoms with Crippen molar-refractivity contribution in [1.29, 1.82) is 0 Å². The maximum Gasteiger partial charge on any atom is 0.472 e. The molecular formula is C38H72NO12P. The Morgan fingerprint density at radius 1 is 0.673 bits per heavy atom. The quantitative estimate of drug-likeness (QED) is 0.0262. The van der Waals surface area contributed by atoms with Gasteiger partial charge in [-0.3, -0.25) is 13.8 Å². The fourth-order valence-electron chi connectivity index (χ4n) is 6.20. The monoisotopic (exact) mass is 765 g/mol. The Labute approximate surface area is 312 Å². The van der Waals surface area contributed by atoms with Crippen molar-refractivity contribution in [2.75, 3.05) is 6.61 Å². The number of carbonyl (C=O) groups excluding carboxylic acids is 1. The van der Waals surface area contributed by atoms with Crippen LogP contribution in [0, 0.1) is 0 Å². The first-order chi connectivity index (χ1) is 24.8. The molecule has 0 spiro atoms. The fraction of sp³-hybridized carbons (Fsp3) is 0.868. The highest BCUT2D eigenvalue weighted by Gasteiger charge is 2.51. The van der Waals surface area contributed by atoms with Gasteiger partial charge in [-0.25, -0.2) is 4.57 Å². The lowest BCUT2D eigenvalue weighted by molar-refractivity contribution is -0.220. The van der Waals surface area contributed by atoms with Gasteiger partial charge in [-0.2, -0.15) is 0 Å². The number of aliphatic hydroxyl groups is 7. The summed E-state index contributed by atoms with van der Waals surface area (Å²) in [6, 6.07) is -1.25. The summed E-state index contributed by atoms with van der Waals surface area (Å²) < 4.78 is 22.6. The highest BCUT2D eigenvalue weighted by molar-refractivity contribution is 7.47. The molecule has 0 aromatic heterocycles. The van der Waals surface area contributed by atoms with Crippen LogP contribution < -0.4 is 5.32 Å². The van der Waals surface area contributed by atoms with E-state index in [4.69, 9.17) is 9.05 Å². The van der Waals surface area contributed by atoms with Crippen LogP contribution in [0.15, 0.2) is 24.3 Å². The predicted octanol–water partition coefficient (Wildman–Crippen LogP) is 4.86. The summed E-state index contributed by atoms with van der Waals surface area (Å²) in [4.78, 5) is 23.2. The number of nitrogens with one attached hydrogen (secondary N) is 1. The molecule has 1 rings (SSSR count). The van der Waals surface area contributed by atoms with Gasteiger partial charge in [0.1, 0.15) is 36.6 Å². The SMILES string of the molecule is CCC/C=C/CC/C=C/C(O)C(COP(=O)(O)OC1C(O)C(O)C(O)C(O)C1O)NC(=O)CC(O)CCCCCCCCCCCCCCCCC. The molecule has 1 saturated carbocycles. The Hall–Kier alpha value is -1.22. The van der Waals surface area contributed by atoms with Crippen molar-refractivity contribution in [3.8, 4) is 0 Å². The average molecular weight is 766 g/mol. The van der Waals surface area contributed by atoms with Crippen molar-refractivity contribution in [3.63, 3.8) is 0 Å². The van der Waals surface area contributed by atoms with E-state index < -0.39 is 75.2 Å². The first-order valence-electron chi connectivity index (χ1n) is 19.9. The molecule has 13 nitrogen and oxygen atoms in total. The summed E-state index contributed by atoms with van der Waals surface area (Å²) in [5.74, 6) is -0.607. The highest BCUT2D eigenvalue weighted by atomic mass is 31.2. The number of phosphoric acid groups is 1. The lowest BCUT2D eigenvalue weighted by Crippen LogP contribution is -2.64. The van der Waals surface area contributed by atoms with Crippen molar-refractivity contribution in [2.24, 2.45) is 0 Å². The Morgan fingerprint density at radius 2 is 1.13 bits per heavy atom. The molecule has 52 heavy (non-hydrogen) atoms. The van der Waals surface area contributed by atoms with Crippen LogP contribution in [-0.4, -0.2) is 108 Å². The Kier molecular flexibility index (Phi) is 27.3. The molecule has 306 valence electrons. The normalized spacial score (nSPS) is 25.3. The molecule has 0 bridgehead atoms. The van der Waals surface area contributed by atoms with E-state index in [0.717, 1.165) is 44.9 Å². The van der Waals surface area contributed by atoms with Crippen molar-refractivity contribution in [1.82, 2.24) is 5.32 Å². The number of carbonyl (C=O) groups is 1. The molecule has 1 fully saturated rings. The number of aliphatic hydroxyl groups excluding tert-OH is 7. The van der Waals surface area contributed by atoms with Crippen LogP contribution >= 0.6 is 7.82 Å². The highest BCUT2D eigenvalue weighted by Crippen LogP contribution is 2.47. The molecule has 0 aromatic rings. The van der Waals surface area contributed by atoms with Gasteiger partial charge in [0, 0.05) is 0 Å². The minimum Gasteiger partial charge on any atom is -0.393 e. The van der Waals surface area contributed by atoms with Gasteiger partial charge < -0.3 is 46.0 Å². The number of amides is 1. The summed E-state index contributed by atoms with van der Waals surface area (Å²) in [7, 11) is -5.13. The summed E-state index contributed by atoms with van der Waals surface area (Å²) in [6.45, 7) is 3.57. The van der Waals surface area contributed by atoms with Crippen LogP contribution in [0.5, 0.6) is 0 Å². The van der Waals surface area contributed by atoms with Gasteiger partial charge in [0.25, 0.3) is 0 Å². The Balaban J connectivity index is 2.54. The van der Waals surface area contributed by atoms with Crippen LogP contribution in [0.25, 0.3) is 0 Å². The molecular weight excluding hydrogens is 693 g/mol. The molecule has 0 saturated heterocycles. The first kappa shape index (κ1) is 48.8. The predicted molar refractivity (Wildman–Crippen MR) is 201 cm³/mol. The van der Waals surface area contributed by atoms with Crippen LogP contribution in [-0.2, 0) is 18.4 Å². The number of hydrogen-bond donors (Lipinski definition) is 9. The smallest absolute Gasteiger partial charge is 0.393 e. The van der Waals surface area contributed by atoms with Gasteiger partial charge in [-0.15, -0.1) is 0 Å². The van der Waals surface area contributed by atoms with Crippen molar-refractivity contribution < 1.29 is 59.0 Å².